The number of carbonyl (C=O) groups is 2. The number of rotatable bonds is 4. The van der Waals surface area contributed by atoms with Gasteiger partial charge in [0.25, 0.3) is 0 Å². The van der Waals surface area contributed by atoms with Crippen molar-refractivity contribution >= 4 is 17.5 Å². The zero-order valence-electron chi connectivity index (χ0n) is 14.6. The molecule has 1 aromatic rings. The van der Waals surface area contributed by atoms with E-state index in [0.717, 1.165) is 49.2 Å². The molecule has 24 heavy (non-hydrogen) atoms. The Morgan fingerprint density at radius 2 is 2.00 bits per heavy atom. The van der Waals surface area contributed by atoms with Crippen molar-refractivity contribution < 1.29 is 9.59 Å². The number of amides is 2. The second-order valence-electron chi connectivity index (χ2n) is 7.23. The van der Waals surface area contributed by atoms with Crippen LogP contribution in [0, 0.1) is 25.2 Å². The quantitative estimate of drug-likeness (QED) is 0.792. The molecule has 5 nitrogen and oxygen atoms in total. The molecule has 0 radical (unpaired) electrons. The third-order valence-corrected chi connectivity index (χ3v) is 5.65. The Hall–Kier alpha value is -1.88. The van der Waals surface area contributed by atoms with Crippen LogP contribution in [0.25, 0.3) is 0 Å². The van der Waals surface area contributed by atoms with Gasteiger partial charge in [0, 0.05) is 12.2 Å². The minimum Gasteiger partial charge on any atom is -0.346 e. The largest absolute Gasteiger partial charge is 0.346 e. The number of fused-ring (bicyclic) bond motifs is 1. The molecule has 2 atom stereocenters. The summed E-state index contributed by atoms with van der Waals surface area (Å²) in [6.45, 7) is 5.62. The fourth-order valence-corrected chi connectivity index (χ4v) is 4.22. The maximum atomic E-state index is 12.8. The summed E-state index contributed by atoms with van der Waals surface area (Å²) in [5, 5.41) is 9.17. The van der Waals surface area contributed by atoms with Crippen molar-refractivity contribution in [3.05, 3.63) is 29.3 Å². The SMILES string of the molecule is Cc1cccc(C)c1NC(=O)CNC(=O)[C@@]12CCCC[C@H]1CNC2. The Labute approximate surface area is 143 Å². The smallest absolute Gasteiger partial charge is 0.243 e. The molecule has 3 N–H and O–H groups in total. The van der Waals surface area contributed by atoms with E-state index in [-0.39, 0.29) is 23.8 Å². The van der Waals surface area contributed by atoms with Gasteiger partial charge in [-0.05, 0) is 50.3 Å². The molecule has 2 amide bonds. The summed E-state index contributed by atoms with van der Waals surface area (Å²) in [5.41, 5.74) is 2.59. The first-order valence-electron chi connectivity index (χ1n) is 8.88. The fourth-order valence-electron chi connectivity index (χ4n) is 4.22. The van der Waals surface area contributed by atoms with Crippen LogP contribution in [-0.4, -0.2) is 31.4 Å². The molecule has 1 saturated carbocycles. The third-order valence-electron chi connectivity index (χ3n) is 5.65. The highest BCUT2D eigenvalue weighted by atomic mass is 16.2. The molecule has 0 bridgehead atoms. The van der Waals surface area contributed by atoms with Crippen LogP contribution >= 0.6 is 0 Å². The van der Waals surface area contributed by atoms with Gasteiger partial charge in [-0.2, -0.15) is 0 Å². The van der Waals surface area contributed by atoms with Crippen molar-refractivity contribution in [2.24, 2.45) is 11.3 Å². The van der Waals surface area contributed by atoms with E-state index >= 15 is 0 Å². The summed E-state index contributed by atoms with van der Waals surface area (Å²) in [4.78, 5) is 25.0. The molecule has 5 heteroatoms. The van der Waals surface area contributed by atoms with E-state index in [4.69, 9.17) is 0 Å². The maximum absolute atomic E-state index is 12.8. The van der Waals surface area contributed by atoms with Crippen LogP contribution in [0.15, 0.2) is 18.2 Å². The van der Waals surface area contributed by atoms with Gasteiger partial charge in [0.2, 0.25) is 11.8 Å². The number of para-hydroxylation sites is 1. The summed E-state index contributed by atoms with van der Waals surface area (Å²) in [7, 11) is 0. The van der Waals surface area contributed by atoms with Crippen molar-refractivity contribution in [2.45, 2.75) is 39.5 Å². The molecule has 0 unspecified atom stereocenters. The monoisotopic (exact) mass is 329 g/mol. The predicted molar refractivity (Wildman–Crippen MR) is 94.8 cm³/mol. The van der Waals surface area contributed by atoms with Crippen LogP contribution in [-0.2, 0) is 9.59 Å². The normalized spacial score (nSPS) is 25.8. The summed E-state index contributed by atoms with van der Waals surface area (Å²) >= 11 is 0. The molecule has 1 aliphatic carbocycles. The predicted octanol–water partition coefficient (Wildman–Crippen LogP) is 2.14. The van der Waals surface area contributed by atoms with Gasteiger partial charge >= 0.3 is 0 Å². The average molecular weight is 329 g/mol. The van der Waals surface area contributed by atoms with Gasteiger partial charge in [-0.1, -0.05) is 31.0 Å². The lowest BCUT2D eigenvalue weighted by molar-refractivity contribution is -0.135. The first-order valence-corrected chi connectivity index (χ1v) is 8.88. The number of nitrogens with one attached hydrogen (secondary N) is 3. The van der Waals surface area contributed by atoms with Crippen LogP contribution in [0.4, 0.5) is 5.69 Å². The van der Waals surface area contributed by atoms with Gasteiger partial charge in [0.05, 0.1) is 12.0 Å². The van der Waals surface area contributed by atoms with E-state index in [1.54, 1.807) is 0 Å². The lowest BCUT2D eigenvalue weighted by Crippen LogP contribution is -2.49. The van der Waals surface area contributed by atoms with Gasteiger partial charge in [-0.25, -0.2) is 0 Å². The van der Waals surface area contributed by atoms with Crippen LogP contribution in [0.2, 0.25) is 0 Å². The maximum Gasteiger partial charge on any atom is 0.243 e. The molecule has 1 saturated heterocycles. The van der Waals surface area contributed by atoms with E-state index < -0.39 is 0 Å². The van der Waals surface area contributed by atoms with Gasteiger partial charge < -0.3 is 16.0 Å². The van der Waals surface area contributed by atoms with E-state index in [2.05, 4.69) is 16.0 Å². The van der Waals surface area contributed by atoms with Gasteiger partial charge in [-0.3, -0.25) is 9.59 Å². The summed E-state index contributed by atoms with van der Waals surface area (Å²) < 4.78 is 0. The molecule has 130 valence electrons. The second kappa shape index (κ2) is 6.93. The van der Waals surface area contributed by atoms with Gasteiger partial charge in [0.15, 0.2) is 0 Å². The summed E-state index contributed by atoms with van der Waals surface area (Å²) in [6, 6.07) is 5.91. The van der Waals surface area contributed by atoms with E-state index in [9.17, 15) is 9.59 Å². The Morgan fingerprint density at radius 1 is 1.25 bits per heavy atom. The first-order chi connectivity index (χ1) is 11.5. The Bertz CT molecular complexity index is 623. The molecular weight excluding hydrogens is 302 g/mol. The Kier molecular flexibility index (Phi) is 4.90. The molecule has 0 aromatic heterocycles. The lowest BCUT2D eigenvalue weighted by Gasteiger charge is -2.37. The van der Waals surface area contributed by atoms with Crippen LogP contribution in [0.3, 0.4) is 0 Å². The highest BCUT2D eigenvalue weighted by Crippen LogP contribution is 2.43. The molecule has 2 aliphatic rings. The second-order valence-corrected chi connectivity index (χ2v) is 7.23. The zero-order valence-corrected chi connectivity index (χ0v) is 14.6. The molecular formula is C19H27N3O2. The van der Waals surface area contributed by atoms with Crippen molar-refractivity contribution in [2.75, 3.05) is 25.0 Å². The number of aryl methyl sites for hydroxylation is 2. The van der Waals surface area contributed by atoms with E-state index in [1.807, 2.05) is 32.0 Å². The van der Waals surface area contributed by atoms with Gasteiger partial charge in [-0.15, -0.1) is 0 Å². The number of benzene rings is 1. The van der Waals surface area contributed by atoms with Crippen LogP contribution in [0.5, 0.6) is 0 Å². The Morgan fingerprint density at radius 3 is 2.75 bits per heavy atom. The van der Waals surface area contributed by atoms with E-state index in [1.165, 1.54) is 6.42 Å². The standard InChI is InChI=1S/C19H27N3O2/c1-13-6-5-7-14(2)17(13)22-16(23)11-21-18(24)19-9-4-3-8-15(19)10-20-12-19/h5-7,15,20H,3-4,8-12H2,1-2H3,(H,21,24)(H,22,23)/t15-,19+/m0/s1. The van der Waals surface area contributed by atoms with Crippen molar-refractivity contribution in [1.82, 2.24) is 10.6 Å². The van der Waals surface area contributed by atoms with Crippen molar-refractivity contribution in [3.8, 4) is 0 Å². The van der Waals surface area contributed by atoms with Gasteiger partial charge in [0.1, 0.15) is 0 Å². The minimum atomic E-state index is -0.308. The lowest BCUT2D eigenvalue weighted by atomic mass is 9.67. The first kappa shape index (κ1) is 17.0. The molecule has 2 fully saturated rings. The fraction of sp³-hybridized carbons (Fsp3) is 0.579. The molecule has 3 rings (SSSR count). The molecule has 1 aromatic carbocycles. The van der Waals surface area contributed by atoms with E-state index in [0.29, 0.717) is 5.92 Å². The van der Waals surface area contributed by atoms with Crippen LogP contribution < -0.4 is 16.0 Å². The molecule has 0 spiro atoms. The molecule has 1 aliphatic heterocycles. The highest BCUT2D eigenvalue weighted by Gasteiger charge is 2.49. The van der Waals surface area contributed by atoms with Crippen molar-refractivity contribution in [1.29, 1.82) is 0 Å². The minimum absolute atomic E-state index is 0.0288. The number of carbonyl (C=O) groups excluding carboxylic acids is 2. The number of anilines is 1. The Balaban J connectivity index is 1.59. The highest BCUT2D eigenvalue weighted by molar-refractivity contribution is 5.96. The number of hydrogen-bond donors (Lipinski definition) is 3. The van der Waals surface area contributed by atoms with Crippen LogP contribution in [0.1, 0.15) is 36.8 Å². The molecule has 1 heterocycles. The topological polar surface area (TPSA) is 70.2 Å². The van der Waals surface area contributed by atoms with Crippen molar-refractivity contribution in [3.63, 3.8) is 0 Å². The average Bonchev–Trinajstić information content (AvgIpc) is 3.01. The summed E-state index contributed by atoms with van der Waals surface area (Å²) in [6.07, 6.45) is 4.33. The summed E-state index contributed by atoms with van der Waals surface area (Å²) in [5.74, 6) is 0.275. The third kappa shape index (κ3) is 3.18. The number of hydrogen-bond acceptors (Lipinski definition) is 3. The zero-order chi connectivity index (χ0) is 17.2.